The number of hydrogen-bond acceptors (Lipinski definition) is 4. The molecule has 1 amide bonds. The van der Waals surface area contributed by atoms with Gasteiger partial charge >= 0.3 is 0 Å². The standard InChI is InChI=1S/C22H20N2O3/c1-26-18-10-11-21(27-2)16(13-18)12-17(14-23)22(25)24-20-9-5-7-15-6-3-4-8-19(15)20/h3-11,13,17H,12H2,1-2H3,(H,24,25)/t17-/m1/s1. The van der Waals surface area contributed by atoms with E-state index in [2.05, 4.69) is 11.4 Å². The van der Waals surface area contributed by atoms with E-state index in [9.17, 15) is 10.1 Å². The number of amides is 1. The smallest absolute Gasteiger partial charge is 0.242 e. The number of nitrogens with zero attached hydrogens (tertiary/aromatic N) is 1. The van der Waals surface area contributed by atoms with Gasteiger partial charge in [-0.15, -0.1) is 0 Å². The van der Waals surface area contributed by atoms with Crippen LogP contribution in [0.1, 0.15) is 5.56 Å². The molecule has 0 aliphatic heterocycles. The molecule has 0 unspecified atom stereocenters. The van der Waals surface area contributed by atoms with Gasteiger partial charge in [-0.2, -0.15) is 5.26 Å². The number of rotatable bonds is 6. The van der Waals surface area contributed by atoms with Crippen molar-refractivity contribution in [3.8, 4) is 17.6 Å². The molecular weight excluding hydrogens is 340 g/mol. The third-order valence-electron chi connectivity index (χ3n) is 4.43. The quantitative estimate of drug-likeness (QED) is 0.716. The second-order valence-electron chi connectivity index (χ2n) is 6.08. The Morgan fingerprint density at radius 2 is 1.85 bits per heavy atom. The first-order valence-electron chi connectivity index (χ1n) is 8.55. The second kappa shape index (κ2) is 8.24. The SMILES string of the molecule is COc1ccc(OC)c(C[C@H](C#N)C(=O)Nc2cccc3ccccc23)c1. The average Bonchev–Trinajstić information content (AvgIpc) is 2.72. The molecule has 0 aliphatic rings. The van der Waals surface area contributed by atoms with Gasteiger partial charge in [0, 0.05) is 17.5 Å². The van der Waals surface area contributed by atoms with Gasteiger partial charge < -0.3 is 14.8 Å². The molecule has 3 aromatic carbocycles. The Labute approximate surface area is 158 Å². The van der Waals surface area contributed by atoms with E-state index in [4.69, 9.17) is 9.47 Å². The zero-order valence-electron chi connectivity index (χ0n) is 15.2. The zero-order valence-corrected chi connectivity index (χ0v) is 15.2. The minimum absolute atomic E-state index is 0.230. The number of ether oxygens (including phenoxy) is 2. The molecule has 0 radical (unpaired) electrons. The lowest BCUT2D eigenvalue weighted by molar-refractivity contribution is -0.118. The summed E-state index contributed by atoms with van der Waals surface area (Å²) >= 11 is 0. The molecule has 0 fully saturated rings. The summed E-state index contributed by atoms with van der Waals surface area (Å²) in [6, 6.07) is 20.9. The molecule has 5 heteroatoms. The maximum absolute atomic E-state index is 12.7. The Bertz CT molecular complexity index is 1000. The van der Waals surface area contributed by atoms with Crippen molar-refractivity contribution in [2.45, 2.75) is 6.42 Å². The highest BCUT2D eigenvalue weighted by atomic mass is 16.5. The number of fused-ring (bicyclic) bond motifs is 1. The predicted molar refractivity (Wildman–Crippen MR) is 105 cm³/mol. The largest absolute Gasteiger partial charge is 0.497 e. The fourth-order valence-electron chi connectivity index (χ4n) is 3.01. The third kappa shape index (κ3) is 4.01. The highest BCUT2D eigenvalue weighted by Crippen LogP contribution is 2.28. The molecule has 0 aromatic heterocycles. The van der Waals surface area contributed by atoms with E-state index >= 15 is 0 Å². The van der Waals surface area contributed by atoms with Gasteiger partial charge in [-0.1, -0.05) is 36.4 Å². The van der Waals surface area contributed by atoms with Gasteiger partial charge in [0.1, 0.15) is 17.4 Å². The number of nitriles is 1. The van der Waals surface area contributed by atoms with Crippen LogP contribution in [0.3, 0.4) is 0 Å². The van der Waals surface area contributed by atoms with Crippen molar-refractivity contribution in [2.75, 3.05) is 19.5 Å². The number of hydrogen-bond donors (Lipinski definition) is 1. The first-order valence-corrected chi connectivity index (χ1v) is 8.55. The van der Waals surface area contributed by atoms with E-state index in [1.807, 2.05) is 42.5 Å². The van der Waals surface area contributed by atoms with Crippen molar-refractivity contribution in [2.24, 2.45) is 5.92 Å². The van der Waals surface area contributed by atoms with E-state index in [0.29, 0.717) is 17.2 Å². The molecule has 0 spiro atoms. The molecule has 0 bridgehead atoms. The lowest BCUT2D eigenvalue weighted by atomic mass is 9.98. The Kier molecular flexibility index (Phi) is 5.58. The lowest BCUT2D eigenvalue weighted by Crippen LogP contribution is -2.23. The minimum atomic E-state index is -0.857. The Morgan fingerprint density at radius 3 is 2.59 bits per heavy atom. The predicted octanol–water partition coefficient (Wildman–Crippen LogP) is 4.18. The van der Waals surface area contributed by atoms with Gasteiger partial charge in [-0.25, -0.2) is 0 Å². The molecule has 5 nitrogen and oxygen atoms in total. The number of benzene rings is 3. The second-order valence-corrected chi connectivity index (χ2v) is 6.08. The number of methoxy groups -OCH3 is 2. The molecule has 27 heavy (non-hydrogen) atoms. The van der Waals surface area contributed by atoms with E-state index < -0.39 is 5.92 Å². The normalized spacial score (nSPS) is 11.4. The van der Waals surface area contributed by atoms with Crippen LogP contribution in [0.4, 0.5) is 5.69 Å². The highest BCUT2D eigenvalue weighted by molar-refractivity contribution is 6.03. The molecule has 0 saturated heterocycles. The van der Waals surface area contributed by atoms with Crippen molar-refractivity contribution in [3.05, 3.63) is 66.2 Å². The van der Waals surface area contributed by atoms with Gasteiger partial charge in [-0.05, 0) is 35.2 Å². The number of nitrogens with one attached hydrogen (secondary N) is 1. The van der Waals surface area contributed by atoms with Gasteiger partial charge in [0.2, 0.25) is 5.91 Å². The monoisotopic (exact) mass is 360 g/mol. The van der Waals surface area contributed by atoms with Crippen molar-refractivity contribution in [1.82, 2.24) is 0 Å². The molecular formula is C22H20N2O3. The van der Waals surface area contributed by atoms with Crippen LogP contribution in [0.5, 0.6) is 11.5 Å². The topological polar surface area (TPSA) is 71.3 Å². The van der Waals surface area contributed by atoms with Crippen LogP contribution in [-0.2, 0) is 11.2 Å². The summed E-state index contributed by atoms with van der Waals surface area (Å²) in [6.07, 6.45) is 0.230. The summed E-state index contributed by atoms with van der Waals surface area (Å²) in [5, 5.41) is 14.4. The summed E-state index contributed by atoms with van der Waals surface area (Å²) in [5.74, 6) is 0.0645. The molecule has 136 valence electrons. The van der Waals surface area contributed by atoms with Crippen molar-refractivity contribution >= 4 is 22.4 Å². The molecule has 3 aromatic rings. The van der Waals surface area contributed by atoms with Gasteiger partial charge in [0.05, 0.1) is 20.3 Å². The molecule has 1 atom stereocenters. The minimum Gasteiger partial charge on any atom is -0.497 e. The fourth-order valence-corrected chi connectivity index (χ4v) is 3.01. The van der Waals surface area contributed by atoms with Crippen LogP contribution < -0.4 is 14.8 Å². The zero-order chi connectivity index (χ0) is 19.2. The Morgan fingerprint density at radius 1 is 1.07 bits per heavy atom. The lowest BCUT2D eigenvalue weighted by Gasteiger charge is -2.15. The maximum atomic E-state index is 12.7. The van der Waals surface area contributed by atoms with Crippen molar-refractivity contribution in [3.63, 3.8) is 0 Å². The summed E-state index contributed by atoms with van der Waals surface area (Å²) in [4.78, 5) is 12.7. The van der Waals surface area contributed by atoms with Gasteiger partial charge in [-0.3, -0.25) is 4.79 Å². The van der Waals surface area contributed by atoms with Gasteiger partial charge in [0.15, 0.2) is 0 Å². The number of anilines is 1. The van der Waals surface area contributed by atoms with Crippen molar-refractivity contribution < 1.29 is 14.3 Å². The van der Waals surface area contributed by atoms with Crippen molar-refractivity contribution in [1.29, 1.82) is 5.26 Å². The van der Waals surface area contributed by atoms with E-state index in [1.54, 1.807) is 32.4 Å². The average molecular weight is 360 g/mol. The summed E-state index contributed by atoms with van der Waals surface area (Å²) in [5.41, 5.74) is 1.44. The van der Waals surface area contributed by atoms with Crippen LogP contribution in [0.2, 0.25) is 0 Å². The van der Waals surface area contributed by atoms with Crippen LogP contribution in [-0.4, -0.2) is 20.1 Å². The maximum Gasteiger partial charge on any atom is 0.242 e. The molecule has 0 aliphatic carbocycles. The first-order chi connectivity index (χ1) is 13.2. The van der Waals surface area contributed by atoms with Crippen LogP contribution in [0, 0.1) is 17.2 Å². The van der Waals surface area contributed by atoms with Crippen LogP contribution in [0.15, 0.2) is 60.7 Å². The summed E-state index contributed by atoms with van der Waals surface area (Å²) in [7, 11) is 3.13. The summed E-state index contributed by atoms with van der Waals surface area (Å²) < 4.78 is 10.6. The Balaban J connectivity index is 1.84. The van der Waals surface area contributed by atoms with E-state index in [1.165, 1.54) is 0 Å². The van der Waals surface area contributed by atoms with E-state index in [0.717, 1.165) is 16.3 Å². The molecule has 1 N–H and O–H groups in total. The van der Waals surface area contributed by atoms with Gasteiger partial charge in [0.25, 0.3) is 0 Å². The van der Waals surface area contributed by atoms with Crippen LogP contribution >= 0.6 is 0 Å². The number of carbonyl (C=O) groups is 1. The number of carbonyl (C=O) groups excluding carboxylic acids is 1. The van der Waals surface area contributed by atoms with E-state index in [-0.39, 0.29) is 12.3 Å². The van der Waals surface area contributed by atoms with Crippen LogP contribution in [0.25, 0.3) is 10.8 Å². The third-order valence-corrected chi connectivity index (χ3v) is 4.43. The summed E-state index contributed by atoms with van der Waals surface area (Å²) in [6.45, 7) is 0. The fraction of sp³-hybridized carbons (Fsp3) is 0.182. The molecule has 0 saturated carbocycles. The first kappa shape index (κ1) is 18.3. The Hall–Kier alpha value is -3.52. The molecule has 3 rings (SSSR count). The molecule has 0 heterocycles. The highest BCUT2D eigenvalue weighted by Gasteiger charge is 2.21.